The molecule has 0 spiro atoms. The van der Waals surface area contributed by atoms with Crippen molar-refractivity contribution in [2.75, 3.05) is 5.32 Å². The number of halogens is 2. The summed E-state index contributed by atoms with van der Waals surface area (Å²) in [5, 5.41) is 14.9. The van der Waals surface area contributed by atoms with E-state index in [1.165, 1.54) is 12.6 Å². The highest BCUT2D eigenvalue weighted by Crippen LogP contribution is 2.58. The Bertz CT molecular complexity index is 551. The van der Waals surface area contributed by atoms with Gasteiger partial charge in [-0.15, -0.1) is 0 Å². The molecule has 0 amide bonds. The summed E-state index contributed by atoms with van der Waals surface area (Å²) in [7, 11) is 0. The largest absolute Gasteiger partial charge is 0.390 e. The molecule has 4 saturated carbocycles. The smallest absolute Gasteiger partial charge is 0.224 e. The Labute approximate surface area is 127 Å². The molecule has 4 bridgehead atoms. The molecule has 108 valence electrons. The van der Waals surface area contributed by atoms with E-state index in [9.17, 15) is 5.11 Å². The van der Waals surface area contributed by atoms with Gasteiger partial charge in [-0.25, -0.2) is 4.98 Å². The molecule has 6 heteroatoms. The first kappa shape index (κ1) is 13.1. The van der Waals surface area contributed by atoms with Crippen molar-refractivity contribution in [3.63, 3.8) is 0 Å². The number of aliphatic hydroxyl groups is 1. The molecule has 2 atom stereocenters. The van der Waals surface area contributed by atoms with Crippen LogP contribution in [0.5, 0.6) is 0 Å². The summed E-state index contributed by atoms with van der Waals surface area (Å²) in [6.45, 7) is 0. The van der Waals surface area contributed by atoms with Crippen LogP contribution in [0.3, 0.4) is 0 Å². The van der Waals surface area contributed by atoms with Crippen LogP contribution >= 0.6 is 23.2 Å². The van der Waals surface area contributed by atoms with E-state index in [1.54, 1.807) is 0 Å². The van der Waals surface area contributed by atoms with Crippen LogP contribution < -0.4 is 5.32 Å². The normalized spacial score (nSPS) is 42.0. The third-order valence-corrected chi connectivity index (χ3v) is 5.59. The molecule has 4 aliphatic rings. The van der Waals surface area contributed by atoms with Crippen molar-refractivity contribution < 1.29 is 5.11 Å². The Morgan fingerprint density at radius 3 is 2.55 bits per heavy atom. The third kappa shape index (κ3) is 2.09. The van der Waals surface area contributed by atoms with Crippen LogP contribution in [0.2, 0.25) is 10.3 Å². The van der Waals surface area contributed by atoms with E-state index in [0.29, 0.717) is 22.7 Å². The van der Waals surface area contributed by atoms with Gasteiger partial charge < -0.3 is 10.4 Å². The fourth-order valence-electron chi connectivity index (χ4n) is 5.04. The van der Waals surface area contributed by atoms with Gasteiger partial charge in [0.05, 0.1) is 11.8 Å². The first-order valence-electron chi connectivity index (χ1n) is 7.14. The molecule has 2 N–H and O–H groups in total. The second-order valence-electron chi connectivity index (χ2n) is 6.93. The molecule has 5 rings (SSSR count). The number of aromatic nitrogens is 2. The minimum atomic E-state index is -0.500. The van der Waals surface area contributed by atoms with Crippen molar-refractivity contribution in [3.05, 3.63) is 16.5 Å². The van der Waals surface area contributed by atoms with Gasteiger partial charge in [0.15, 0.2) is 0 Å². The van der Waals surface area contributed by atoms with Crippen molar-refractivity contribution in [2.24, 2.45) is 11.8 Å². The van der Waals surface area contributed by atoms with Gasteiger partial charge in [0.25, 0.3) is 0 Å². The zero-order valence-corrected chi connectivity index (χ0v) is 12.6. The average molecular weight is 314 g/mol. The lowest BCUT2D eigenvalue weighted by Gasteiger charge is -2.60. The maximum absolute atomic E-state index is 10.7. The summed E-state index contributed by atoms with van der Waals surface area (Å²) in [6.07, 6.45) is 7.63. The molecule has 0 saturated heterocycles. The summed E-state index contributed by atoms with van der Waals surface area (Å²) in [6, 6.07) is 0. The predicted molar refractivity (Wildman–Crippen MR) is 78.0 cm³/mol. The Hall–Kier alpha value is -0.580. The number of hydrogen-bond donors (Lipinski definition) is 2. The fraction of sp³-hybridized carbons (Fsp3) is 0.714. The van der Waals surface area contributed by atoms with Crippen LogP contribution in [0, 0.1) is 11.8 Å². The number of hydrogen-bond acceptors (Lipinski definition) is 4. The van der Waals surface area contributed by atoms with Crippen LogP contribution in [-0.4, -0.2) is 26.2 Å². The van der Waals surface area contributed by atoms with Gasteiger partial charge in [0.1, 0.15) is 10.8 Å². The van der Waals surface area contributed by atoms with E-state index in [0.717, 1.165) is 32.1 Å². The van der Waals surface area contributed by atoms with E-state index in [1.807, 2.05) is 0 Å². The lowest BCUT2D eigenvalue weighted by molar-refractivity contribution is -0.127. The van der Waals surface area contributed by atoms with Gasteiger partial charge in [-0.3, -0.25) is 0 Å². The summed E-state index contributed by atoms with van der Waals surface area (Å²) in [4.78, 5) is 8.08. The van der Waals surface area contributed by atoms with E-state index in [2.05, 4.69) is 15.3 Å². The molecule has 2 unspecified atom stereocenters. The van der Waals surface area contributed by atoms with E-state index in [4.69, 9.17) is 23.2 Å². The molecule has 1 aromatic rings. The molecule has 4 nitrogen and oxygen atoms in total. The predicted octanol–water partition coefficient (Wildman–Crippen LogP) is 3.28. The number of nitrogens with one attached hydrogen (secondary N) is 1. The minimum absolute atomic E-state index is 0.0832. The van der Waals surface area contributed by atoms with Gasteiger partial charge in [0, 0.05) is 5.54 Å². The summed E-state index contributed by atoms with van der Waals surface area (Å²) < 4.78 is 0. The van der Waals surface area contributed by atoms with E-state index < -0.39 is 5.60 Å². The van der Waals surface area contributed by atoms with Gasteiger partial charge in [0.2, 0.25) is 5.28 Å². The standard InChI is InChI=1S/C14H17Cl2N3O/c15-10-6-17-12(16)18-11(10)19-13-2-8-1-9(3-13)5-14(20,4-8)7-13/h6,8-9,20H,1-5,7H2,(H,17,18,19). The zero-order valence-electron chi connectivity index (χ0n) is 11.1. The van der Waals surface area contributed by atoms with Crippen LogP contribution in [-0.2, 0) is 0 Å². The number of anilines is 1. The van der Waals surface area contributed by atoms with Crippen LogP contribution in [0.15, 0.2) is 6.20 Å². The average Bonchev–Trinajstić information content (AvgIpc) is 2.30. The van der Waals surface area contributed by atoms with Gasteiger partial charge in [-0.05, 0) is 62.0 Å². The first-order chi connectivity index (χ1) is 9.45. The molecule has 1 aromatic heterocycles. The SMILES string of the molecule is OC12CC3CC(C1)CC(Nc1nc(Cl)ncc1Cl)(C3)C2. The number of nitrogens with zero attached hydrogens (tertiary/aromatic N) is 2. The van der Waals surface area contributed by atoms with Crippen molar-refractivity contribution in [1.29, 1.82) is 0 Å². The van der Waals surface area contributed by atoms with Crippen LogP contribution in [0.25, 0.3) is 0 Å². The molecule has 20 heavy (non-hydrogen) atoms. The third-order valence-electron chi connectivity index (χ3n) is 5.13. The fourth-order valence-corrected chi connectivity index (χ4v) is 5.32. The second kappa shape index (κ2) is 4.21. The summed E-state index contributed by atoms with van der Waals surface area (Å²) >= 11 is 12.0. The Kier molecular flexibility index (Phi) is 2.76. The van der Waals surface area contributed by atoms with Crippen LogP contribution in [0.1, 0.15) is 38.5 Å². The van der Waals surface area contributed by atoms with Crippen molar-refractivity contribution in [2.45, 2.75) is 49.7 Å². The maximum Gasteiger partial charge on any atom is 0.224 e. The molecule has 0 aromatic carbocycles. The zero-order chi connectivity index (χ0) is 14.0. The molecule has 0 aliphatic heterocycles. The maximum atomic E-state index is 10.7. The van der Waals surface area contributed by atoms with Crippen molar-refractivity contribution >= 4 is 29.0 Å². The second-order valence-corrected chi connectivity index (χ2v) is 7.67. The molecule has 0 radical (unpaired) electrons. The topological polar surface area (TPSA) is 58.0 Å². The highest BCUT2D eigenvalue weighted by atomic mass is 35.5. The van der Waals surface area contributed by atoms with Crippen molar-refractivity contribution in [3.8, 4) is 0 Å². The van der Waals surface area contributed by atoms with Gasteiger partial charge >= 0.3 is 0 Å². The monoisotopic (exact) mass is 313 g/mol. The van der Waals surface area contributed by atoms with Crippen LogP contribution in [0.4, 0.5) is 5.82 Å². The molecular weight excluding hydrogens is 297 g/mol. The Morgan fingerprint density at radius 1 is 1.20 bits per heavy atom. The van der Waals surface area contributed by atoms with Gasteiger partial charge in [-0.1, -0.05) is 11.6 Å². The number of rotatable bonds is 2. The summed E-state index contributed by atoms with van der Waals surface area (Å²) in [5.74, 6) is 1.83. The summed E-state index contributed by atoms with van der Waals surface area (Å²) in [5.41, 5.74) is -0.583. The van der Waals surface area contributed by atoms with Crippen molar-refractivity contribution in [1.82, 2.24) is 9.97 Å². The highest BCUT2D eigenvalue weighted by Gasteiger charge is 2.57. The van der Waals surface area contributed by atoms with E-state index >= 15 is 0 Å². The Balaban J connectivity index is 1.66. The highest BCUT2D eigenvalue weighted by molar-refractivity contribution is 6.33. The quantitative estimate of drug-likeness (QED) is 0.823. The molecule has 4 fully saturated rings. The molecule has 1 heterocycles. The molecular formula is C14H17Cl2N3O. The lowest BCUT2D eigenvalue weighted by atomic mass is 9.51. The van der Waals surface area contributed by atoms with E-state index in [-0.39, 0.29) is 10.8 Å². The minimum Gasteiger partial charge on any atom is -0.390 e. The molecule has 4 aliphatic carbocycles. The first-order valence-corrected chi connectivity index (χ1v) is 7.90. The lowest BCUT2D eigenvalue weighted by Crippen LogP contribution is -2.62. The van der Waals surface area contributed by atoms with Gasteiger partial charge in [-0.2, -0.15) is 4.98 Å². The Morgan fingerprint density at radius 2 is 1.90 bits per heavy atom.